The van der Waals surface area contributed by atoms with E-state index in [9.17, 15) is 4.79 Å². The molecule has 0 saturated carbocycles. The van der Waals surface area contributed by atoms with Crippen LogP contribution in [0.5, 0.6) is 0 Å². The number of hydrogen-bond donors (Lipinski definition) is 1. The zero-order valence-corrected chi connectivity index (χ0v) is 23.6. The summed E-state index contributed by atoms with van der Waals surface area (Å²) in [5.74, 6) is 0.731. The summed E-state index contributed by atoms with van der Waals surface area (Å²) in [5.41, 5.74) is 15.2. The summed E-state index contributed by atoms with van der Waals surface area (Å²) >= 11 is 0. The first-order valence-corrected chi connectivity index (χ1v) is 14.0. The Hall–Kier alpha value is -3.76. The fourth-order valence-electron chi connectivity index (χ4n) is 5.45. The molecule has 0 aromatic heterocycles. The Morgan fingerprint density at radius 2 is 1.85 bits per heavy atom. The molecule has 0 bridgehead atoms. The summed E-state index contributed by atoms with van der Waals surface area (Å²) in [6, 6.07) is 17.1. The van der Waals surface area contributed by atoms with E-state index in [1.807, 2.05) is 42.5 Å². The lowest BCUT2D eigenvalue weighted by Gasteiger charge is -2.29. The van der Waals surface area contributed by atoms with E-state index in [-0.39, 0.29) is 0 Å². The maximum Gasteiger partial charge on any atom is 0.152 e. The van der Waals surface area contributed by atoms with Crippen molar-refractivity contribution in [1.29, 1.82) is 0 Å². The Morgan fingerprint density at radius 3 is 2.54 bits per heavy atom. The van der Waals surface area contributed by atoms with E-state index in [1.54, 1.807) is 7.05 Å². The Kier molecular flexibility index (Phi) is 10.0. The summed E-state index contributed by atoms with van der Waals surface area (Å²) in [4.78, 5) is 19.3. The normalized spacial score (nSPS) is 18.0. The summed E-state index contributed by atoms with van der Waals surface area (Å²) in [6.07, 6.45) is 18.0. The van der Waals surface area contributed by atoms with Gasteiger partial charge in [-0.3, -0.25) is 9.79 Å². The van der Waals surface area contributed by atoms with Crippen LogP contribution in [0, 0.1) is 12.8 Å². The van der Waals surface area contributed by atoms with Crippen molar-refractivity contribution >= 4 is 17.6 Å². The van der Waals surface area contributed by atoms with Gasteiger partial charge in [0.1, 0.15) is 0 Å². The summed E-state index contributed by atoms with van der Waals surface area (Å²) < 4.78 is 0. The molecule has 0 spiro atoms. The van der Waals surface area contributed by atoms with Crippen LogP contribution in [0.3, 0.4) is 0 Å². The number of nitrogens with zero attached hydrogens (tertiary/aromatic N) is 2. The molecule has 0 amide bonds. The molecular weight excluding hydrogens is 478 g/mol. The number of carbonyl (C=O) groups is 1. The largest absolute Gasteiger partial charge is 0.398 e. The van der Waals surface area contributed by atoms with Crippen LogP contribution in [0.4, 0.5) is 0 Å². The minimum absolute atomic E-state index is 0.443. The average Bonchev–Trinajstić information content (AvgIpc) is 3.24. The van der Waals surface area contributed by atoms with Gasteiger partial charge >= 0.3 is 0 Å². The van der Waals surface area contributed by atoms with Crippen LogP contribution in [0.15, 0.2) is 107 Å². The van der Waals surface area contributed by atoms with Crippen LogP contribution in [-0.4, -0.2) is 44.1 Å². The number of nitrogens with two attached hydrogens (primary N) is 1. The fourth-order valence-corrected chi connectivity index (χ4v) is 5.45. The summed E-state index contributed by atoms with van der Waals surface area (Å²) in [6.45, 7) is 4.51. The first-order valence-electron chi connectivity index (χ1n) is 14.0. The van der Waals surface area contributed by atoms with E-state index in [4.69, 9.17) is 5.73 Å². The van der Waals surface area contributed by atoms with Crippen LogP contribution >= 0.6 is 0 Å². The SMILES string of the molecule is CN=C(/C=C(C=O)/C(N)=C(\Cc1ccccc1)c1ccc(CC2CCN(C)CC2)cc1C)C1=CC=CCC=C1. The highest BCUT2D eigenvalue weighted by atomic mass is 16.1. The molecule has 2 aliphatic rings. The van der Waals surface area contributed by atoms with Gasteiger partial charge < -0.3 is 10.6 Å². The van der Waals surface area contributed by atoms with Crippen molar-refractivity contribution in [2.45, 2.75) is 39.0 Å². The van der Waals surface area contributed by atoms with Gasteiger partial charge in [-0.05, 0) is 98.1 Å². The molecule has 1 fully saturated rings. The Bertz CT molecular complexity index is 1330. The molecule has 202 valence electrons. The number of aldehydes is 1. The van der Waals surface area contributed by atoms with Crippen LogP contribution in [-0.2, 0) is 17.6 Å². The molecule has 2 aromatic carbocycles. The molecule has 2 N–H and O–H groups in total. The third kappa shape index (κ3) is 7.64. The second kappa shape index (κ2) is 13.9. The van der Waals surface area contributed by atoms with Gasteiger partial charge in [0.2, 0.25) is 0 Å². The second-order valence-electron chi connectivity index (χ2n) is 10.7. The topological polar surface area (TPSA) is 58.7 Å². The molecule has 2 aromatic rings. The van der Waals surface area contributed by atoms with Crippen molar-refractivity contribution in [2.24, 2.45) is 16.6 Å². The highest BCUT2D eigenvalue weighted by Gasteiger charge is 2.19. The molecule has 1 saturated heterocycles. The van der Waals surface area contributed by atoms with Crippen LogP contribution in [0.1, 0.15) is 41.5 Å². The number of piperidine rings is 1. The van der Waals surface area contributed by atoms with Gasteiger partial charge in [-0.25, -0.2) is 0 Å². The second-order valence-corrected chi connectivity index (χ2v) is 10.7. The van der Waals surface area contributed by atoms with Gasteiger partial charge in [0.25, 0.3) is 0 Å². The van der Waals surface area contributed by atoms with Gasteiger partial charge in [-0.15, -0.1) is 0 Å². The zero-order valence-electron chi connectivity index (χ0n) is 23.6. The Labute approximate surface area is 234 Å². The molecule has 4 heteroatoms. The Balaban J connectivity index is 1.72. The van der Waals surface area contributed by atoms with Gasteiger partial charge in [0, 0.05) is 24.7 Å². The standard InChI is InChI=1S/C35H41N3O/c1-26-21-29(22-28-17-19-38(3)20-18-28)15-16-32(26)33(23-27-11-7-6-8-12-27)35(36)31(25-39)24-34(37-2)30-13-9-4-5-10-14-30/h4,6-16,21,24-25,28H,5,17-20,22-23,36H2,1-3H3/b31-24+,35-33-,37-34?. The van der Waals surface area contributed by atoms with Crippen molar-refractivity contribution in [3.05, 3.63) is 124 Å². The quantitative estimate of drug-likeness (QED) is 0.180. The lowest BCUT2D eigenvalue weighted by molar-refractivity contribution is -0.104. The first-order chi connectivity index (χ1) is 19.0. The van der Waals surface area contributed by atoms with Gasteiger partial charge in [-0.2, -0.15) is 0 Å². The molecule has 1 heterocycles. The summed E-state index contributed by atoms with van der Waals surface area (Å²) in [7, 11) is 3.95. The molecule has 39 heavy (non-hydrogen) atoms. The molecule has 1 aliphatic carbocycles. The molecule has 0 atom stereocenters. The molecule has 4 rings (SSSR count). The number of aliphatic imine (C=N–C) groups is 1. The van der Waals surface area contributed by atoms with E-state index in [2.05, 4.69) is 66.3 Å². The van der Waals surface area contributed by atoms with E-state index in [0.717, 1.165) is 53.0 Å². The number of benzene rings is 2. The summed E-state index contributed by atoms with van der Waals surface area (Å²) in [5, 5.41) is 0. The van der Waals surface area contributed by atoms with E-state index in [0.29, 0.717) is 17.7 Å². The molecule has 0 radical (unpaired) electrons. The third-order valence-corrected chi connectivity index (χ3v) is 7.78. The number of carbonyl (C=O) groups excluding carboxylic acids is 1. The number of likely N-dealkylation sites (tertiary alicyclic amines) is 1. The van der Waals surface area contributed by atoms with E-state index in [1.165, 1.54) is 37.1 Å². The molecule has 4 nitrogen and oxygen atoms in total. The van der Waals surface area contributed by atoms with Crippen molar-refractivity contribution < 1.29 is 4.79 Å². The number of aryl methyl sites for hydroxylation is 1. The minimum Gasteiger partial charge on any atom is -0.398 e. The van der Waals surface area contributed by atoms with Gasteiger partial charge in [0.05, 0.1) is 5.71 Å². The lowest BCUT2D eigenvalue weighted by atomic mass is 9.87. The van der Waals surface area contributed by atoms with Crippen molar-refractivity contribution in [3.63, 3.8) is 0 Å². The van der Waals surface area contributed by atoms with Crippen molar-refractivity contribution in [2.75, 3.05) is 27.2 Å². The maximum absolute atomic E-state index is 12.4. The third-order valence-electron chi connectivity index (χ3n) is 7.78. The monoisotopic (exact) mass is 519 g/mol. The highest BCUT2D eigenvalue weighted by Crippen LogP contribution is 2.30. The van der Waals surface area contributed by atoms with Gasteiger partial charge in [-0.1, -0.05) is 78.9 Å². The van der Waals surface area contributed by atoms with Gasteiger partial charge in [0.15, 0.2) is 6.29 Å². The van der Waals surface area contributed by atoms with Crippen LogP contribution < -0.4 is 5.73 Å². The Morgan fingerprint density at radius 1 is 1.08 bits per heavy atom. The fraction of sp³-hybridized carbons (Fsp3) is 0.314. The predicted octanol–water partition coefficient (Wildman–Crippen LogP) is 6.43. The smallest absolute Gasteiger partial charge is 0.152 e. The van der Waals surface area contributed by atoms with Crippen molar-refractivity contribution in [1.82, 2.24) is 4.90 Å². The van der Waals surface area contributed by atoms with Crippen LogP contribution in [0.25, 0.3) is 5.57 Å². The number of rotatable bonds is 9. The average molecular weight is 520 g/mol. The van der Waals surface area contributed by atoms with Crippen molar-refractivity contribution in [3.8, 4) is 0 Å². The lowest BCUT2D eigenvalue weighted by Crippen LogP contribution is -2.30. The molecule has 1 aliphatic heterocycles. The molecular formula is C35H41N3O. The molecule has 0 unspecified atom stereocenters. The van der Waals surface area contributed by atoms with Crippen LogP contribution in [0.2, 0.25) is 0 Å². The first kappa shape index (κ1) is 28.3. The predicted molar refractivity (Wildman–Crippen MR) is 165 cm³/mol. The zero-order chi connectivity index (χ0) is 27.6. The number of allylic oxidation sites excluding steroid dienone is 9. The minimum atomic E-state index is 0.443. The van der Waals surface area contributed by atoms with E-state index >= 15 is 0 Å². The number of hydrogen-bond acceptors (Lipinski definition) is 4. The maximum atomic E-state index is 12.4. The highest BCUT2D eigenvalue weighted by molar-refractivity contribution is 6.13. The van der Waals surface area contributed by atoms with E-state index < -0.39 is 0 Å².